The van der Waals surface area contributed by atoms with Gasteiger partial charge < -0.3 is 9.90 Å². The fourth-order valence-electron chi connectivity index (χ4n) is 2.61. The highest BCUT2D eigenvalue weighted by atomic mass is 19.4. The predicted molar refractivity (Wildman–Crippen MR) is 113 cm³/mol. The summed E-state index contributed by atoms with van der Waals surface area (Å²) in [6, 6.07) is 9.48. The number of halogens is 4. The summed E-state index contributed by atoms with van der Waals surface area (Å²) in [5.74, 6) is -3.58. The van der Waals surface area contributed by atoms with Crippen molar-refractivity contribution in [3.63, 3.8) is 0 Å². The van der Waals surface area contributed by atoms with Gasteiger partial charge in [0.05, 0.1) is 11.8 Å². The topological polar surface area (TPSA) is 85.5 Å². The van der Waals surface area contributed by atoms with Crippen molar-refractivity contribution in [2.24, 2.45) is 5.10 Å². The van der Waals surface area contributed by atoms with E-state index in [9.17, 15) is 22.4 Å². The largest absolute Gasteiger partial charge is 0.542 e. The number of aliphatic carboxylic acids is 1. The number of amides is 1. The molecule has 0 unspecified atom stereocenters. The molecule has 0 fully saturated rings. The Bertz CT molecular complexity index is 883. The van der Waals surface area contributed by atoms with Crippen LogP contribution in [0.3, 0.4) is 0 Å². The molecule has 0 bridgehead atoms. The third kappa shape index (κ3) is 12.4. The van der Waals surface area contributed by atoms with Gasteiger partial charge in [-0.2, -0.15) is 18.3 Å². The lowest BCUT2D eigenvalue weighted by atomic mass is 10.1. The molecule has 1 N–H and O–H groups in total. The molecule has 33 heavy (non-hydrogen) atoms. The predicted octanol–water partition coefficient (Wildman–Crippen LogP) is 3.54. The van der Waals surface area contributed by atoms with Crippen LogP contribution in [0, 0.1) is 5.82 Å². The number of carboxylic acid groups (broad SMARTS) is 1. The quantitative estimate of drug-likeness (QED) is 0.190. The van der Waals surface area contributed by atoms with Gasteiger partial charge in [-0.05, 0) is 24.1 Å². The summed E-state index contributed by atoms with van der Waals surface area (Å²) >= 11 is 0. The first-order valence-electron chi connectivity index (χ1n) is 10.5. The van der Waals surface area contributed by atoms with Gasteiger partial charge in [-0.25, -0.2) is 14.4 Å². The number of aromatic nitrogens is 1. The highest BCUT2D eigenvalue weighted by molar-refractivity contribution is 5.94. The molecule has 1 amide bonds. The Morgan fingerprint density at radius 2 is 1.55 bits per heavy atom. The fourth-order valence-corrected chi connectivity index (χ4v) is 2.61. The van der Waals surface area contributed by atoms with Gasteiger partial charge in [0.1, 0.15) is 18.3 Å². The zero-order valence-electron chi connectivity index (χ0n) is 18.3. The molecule has 2 aromatic rings. The molecular weight excluding hydrogens is 442 g/mol. The number of aryl methyl sites for hydroxylation is 1. The average molecular weight is 469 g/mol. The van der Waals surface area contributed by atoms with Crippen LogP contribution < -0.4 is 15.1 Å². The van der Waals surface area contributed by atoms with Crippen LogP contribution in [0.5, 0.6) is 0 Å². The molecule has 0 aliphatic carbocycles. The smallest absolute Gasteiger partial charge is 0.430 e. The van der Waals surface area contributed by atoms with E-state index in [-0.39, 0.29) is 11.7 Å². The Morgan fingerprint density at radius 3 is 2.09 bits per heavy atom. The molecule has 0 atom stereocenters. The summed E-state index contributed by atoms with van der Waals surface area (Å²) < 4.78 is 46.5. The van der Waals surface area contributed by atoms with Crippen LogP contribution in [0.4, 0.5) is 17.6 Å². The molecule has 0 aliphatic heterocycles. The molecule has 180 valence electrons. The maximum atomic E-state index is 12.8. The van der Waals surface area contributed by atoms with E-state index in [2.05, 4.69) is 22.0 Å². The number of carbonyl (C=O) groups excluding carboxylic acids is 2. The third-order valence-electron chi connectivity index (χ3n) is 4.40. The number of alkyl halides is 3. The zero-order chi connectivity index (χ0) is 24.7. The van der Waals surface area contributed by atoms with Crippen LogP contribution in [0.2, 0.25) is 0 Å². The lowest BCUT2D eigenvalue weighted by Crippen LogP contribution is -2.37. The molecule has 0 radical (unpaired) electrons. The third-order valence-corrected chi connectivity index (χ3v) is 4.40. The number of nitrogens with zero attached hydrogens (tertiary/aromatic N) is 2. The van der Waals surface area contributed by atoms with E-state index >= 15 is 0 Å². The van der Waals surface area contributed by atoms with E-state index in [1.165, 1.54) is 50.5 Å². The van der Waals surface area contributed by atoms with Gasteiger partial charge in [0.25, 0.3) is 5.91 Å². The number of benzene rings is 1. The molecule has 1 heterocycles. The Kier molecular flexibility index (Phi) is 12.4. The Balaban J connectivity index is 0.000000675. The molecule has 10 heteroatoms. The van der Waals surface area contributed by atoms with Crippen LogP contribution >= 0.6 is 0 Å². The van der Waals surface area contributed by atoms with Crippen molar-refractivity contribution < 1.29 is 36.8 Å². The van der Waals surface area contributed by atoms with Gasteiger partial charge >= 0.3 is 6.18 Å². The number of hydrogen-bond acceptors (Lipinski definition) is 4. The van der Waals surface area contributed by atoms with Crippen molar-refractivity contribution in [1.29, 1.82) is 0 Å². The molecular formula is C23H27F4N3O3. The second kappa shape index (κ2) is 14.7. The van der Waals surface area contributed by atoms with E-state index in [0.29, 0.717) is 5.56 Å². The monoisotopic (exact) mass is 469 g/mol. The van der Waals surface area contributed by atoms with E-state index in [1.54, 1.807) is 24.3 Å². The lowest BCUT2D eigenvalue weighted by molar-refractivity contribution is -0.697. The van der Waals surface area contributed by atoms with Crippen molar-refractivity contribution >= 4 is 18.1 Å². The summed E-state index contributed by atoms with van der Waals surface area (Å²) in [4.78, 5) is 20.9. The molecule has 6 nitrogen and oxygen atoms in total. The number of rotatable bonds is 10. The number of hydrazone groups is 1. The summed E-state index contributed by atoms with van der Waals surface area (Å²) in [5, 5.41) is 12.7. The van der Waals surface area contributed by atoms with E-state index < -0.39 is 12.1 Å². The highest BCUT2D eigenvalue weighted by Crippen LogP contribution is 2.11. The van der Waals surface area contributed by atoms with Crippen LogP contribution in [0.25, 0.3) is 0 Å². The number of nitrogens with one attached hydrogen (secondary N) is 1. The van der Waals surface area contributed by atoms with Crippen LogP contribution in [-0.4, -0.2) is 24.3 Å². The molecule has 0 saturated carbocycles. The maximum absolute atomic E-state index is 12.8. The highest BCUT2D eigenvalue weighted by Gasteiger charge is 2.28. The normalized spacial score (nSPS) is 11.1. The summed E-state index contributed by atoms with van der Waals surface area (Å²) in [6.45, 7) is 3.19. The number of hydrogen-bond donors (Lipinski definition) is 1. The van der Waals surface area contributed by atoms with E-state index in [0.717, 1.165) is 18.5 Å². The van der Waals surface area contributed by atoms with Gasteiger partial charge in [0.2, 0.25) is 0 Å². The molecule has 1 aromatic carbocycles. The Labute approximate surface area is 189 Å². The van der Waals surface area contributed by atoms with Gasteiger partial charge in [0.15, 0.2) is 12.4 Å². The summed E-state index contributed by atoms with van der Waals surface area (Å²) in [7, 11) is 0. The maximum Gasteiger partial charge on any atom is 0.430 e. The number of carboxylic acids is 1. The minimum atomic E-state index is -5.19. The van der Waals surface area contributed by atoms with Crippen LogP contribution in [0.15, 0.2) is 53.9 Å². The number of carbonyl (C=O) groups is 2. The average Bonchev–Trinajstić information content (AvgIpc) is 2.77. The van der Waals surface area contributed by atoms with Gasteiger partial charge in [0, 0.05) is 18.6 Å². The van der Waals surface area contributed by atoms with E-state index in [4.69, 9.17) is 9.90 Å². The van der Waals surface area contributed by atoms with Gasteiger partial charge in [-0.15, -0.1) is 0 Å². The fraction of sp³-hybridized carbons (Fsp3) is 0.391. The van der Waals surface area contributed by atoms with Crippen LogP contribution in [0.1, 0.15) is 61.4 Å². The molecule has 2 rings (SSSR count). The van der Waals surface area contributed by atoms with Gasteiger partial charge in [-0.1, -0.05) is 44.7 Å². The first-order chi connectivity index (χ1) is 15.6. The van der Waals surface area contributed by atoms with E-state index in [1.807, 2.05) is 12.4 Å². The summed E-state index contributed by atoms with van der Waals surface area (Å²) in [5.41, 5.74) is 3.76. The SMILES string of the molecule is CCCCCCCC[n+]1ccc(C(=O)NN=Cc2ccc(F)cc2)cc1.O=C([O-])C(F)(F)F. The van der Waals surface area contributed by atoms with Crippen molar-refractivity contribution in [2.45, 2.75) is 58.2 Å². The van der Waals surface area contributed by atoms with Crippen molar-refractivity contribution in [1.82, 2.24) is 5.43 Å². The number of pyridine rings is 1. The standard InChI is InChI=1S/C21H26FN3O.C2HF3O2/c1-2-3-4-5-6-7-14-25-15-12-19(13-16-25)21(26)24-23-17-18-8-10-20(22)11-9-18;3-2(4,5)1(6)7/h8-13,15-17H,2-7,14H2,1H3;(H,6,7). The Morgan fingerprint density at radius 1 is 1.00 bits per heavy atom. The summed E-state index contributed by atoms with van der Waals surface area (Å²) in [6.07, 6.45) is 7.73. The molecule has 0 spiro atoms. The number of unbranched alkanes of at least 4 members (excludes halogenated alkanes) is 5. The lowest BCUT2D eigenvalue weighted by Gasteiger charge is -2.03. The first kappa shape index (κ1) is 27.7. The van der Waals surface area contributed by atoms with Gasteiger partial charge in [-0.3, -0.25) is 4.79 Å². The van der Waals surface area contributed by atoms with Crippen molar-refractivity contribution in [3.05, 3.63) is 65.7 Å². The van der Waals surface area contributed by atoms with Crippen molar-refractivity contribution in [2.75, 3.05) is 0 Å². The minimum Gasteiger partial charge on any atom is -0.542 e. The molecule has 0 aliphatic rings. The second-order valence-corrected chi connectivity index (χ2v) is 7.13. The van der Waals surface area contributed by atoms with Crippen molar-refractivity contribution in [3.8, 4) is 0 Å². The second-order valence-electron chi connectivity index (χ2n) is 7.13. The zero-order valence-corrected chi connectivity index (χ0v) is 18.3. The molecule has 1 aromatic heterocycles. The van der Waals surface area contributed by atoms with Crippen LogP contribution in [-0.2, 0) is 11.3 Å². The molecule has 0 saturated heterocycles. The Hall–Kier alpha value is -3.30. The minimum absolute atomic E-state index is 0.268. The first-order valence-corrected chi connectivity index (χ1v) is 10.5.